The molecule has 1 atom stereocenters. The summed E-state index contributed by atoms with van der Waals surface area (Å²) < 4.78 is 10.6. The molecule has 1 heterocycles. The maximum Gasteiger partial charge on any atom is 0.315 e. The van der Waals surface area contributed by atoms with E-state index in [9.17, 15) is 4.79 Å². The second kappa shape index (κ2) is 7.75. The van der Waals surface area contributed by atoms with Gasteiger partial charge in [0.25, 0.3) is 0 Å². The van der Waals surface area contributed by atoms with Crippen LogP contribution in [-0.2, 0) is 11.3 Å². The van der Waals surface area contributed by atoms with E-state index in [0.717, 1.165) is 37.2 Å². The molecule has 0 spiro atoms. The molecule has 2 N–H and O–H groups in total. The van der Waals surface area contributed by atoms with E-state index < -0.39 is 0 Å². The van der Waals surface area contributed by atoms with E-state index >= 15 is 0 Å². The number of amides is 2. The van der Waals surface area contributed by atoms with Crippen LogP contribution in [0.3, 0.4) is 0 Å². The van der Waals surface area contributed by atoms with Crippen molar-refractivity contribution in [1.29, 1.82) is 0 Å². The van der Waals surface area contributed by atoms with Crippen molar-refractivity contribution in [3.05, 3.63) is 29.8 Å². The largest absolute Gasteiger partial charge is 0.497 e. The van der Waals surface area contributed by atoms with Gasteiger partial charge in [-0.05, 0) is 37.0 Å². The summed E-state index contributed by atoms with van der Waals surface area (Å²) in [6, 6.07) is 7.50. The number of carbonyl (C=O) groups excluding carboxylic acids is 1. The third-order valence-electron chi connectivity index (χ3n) is 3.36. The van der Waals surface area contributed by atoms with Gasteiger partial charge in [0.2, 0.25) is 0 Å². The number of rotatable bonds is 6. The van der Waals surface area contributed by atoms with Gasteiger partial charge in [0, 0.05) is 19.7 Å². The van der Waals surface area contributed by atoms with Crippen LogP contribution in [0.5, 0.6) is 5.75 Å². The third kappa shape index (κ3) is 4.74. The van der Waals surface area contributed by atoms with Crippen LogP contribution in [0.15, 0.2) is 24.3 Å². The first-order chi connectivity index (χ1) is 9.78. The van der Waals surface area contributed by atoms with Crippen LogP contribution in [-0.4, -0.2) is 32.4 Å². The molecular formula is C15H22N2O3. The summed E-state index contributed by atoms with van der Waals surface area (Å²) in [5.41, 5.74) is 1.01. The predicted molar refractivity (Wildman–Crippen MR) is 76.8 cm³/mol. The molecule has 5 heteroatoms. The molecule has 0 saturated carbocycles. The summed E-state index contributed by atoms with van der Waals surface area (Å²) >= 11 is 0. The molecule has 1 fully saturated rings. The van der Waals surface area contributed by atoms with Crippen LogP contribution in [0, 0.1) is 0 Å². The number of methoxy groups -OCH3 is 1. The van der Waals surface area contributed by atoms with Crippen molar-refractivity contribution in [2.45, 2.75) is 31.9 Å². The van der Waals surface area contributed by atoms with E-state index in [2.05, 4.69) is 10.6 Å². The molecule has 2 rings (SSSR count). The molecule has 1 aliphatic rings. The molecule has 2 amide bonds. The second-order valence-electron chi connectivity index (χ2n) is 4.88. The van der Waals surface area contributed by atoms with Gasteiger partial charge in [-0.15, -0.1) is 0 Å². The summed E-state index contributed by atoms with van der Waals surface area (Å²) in [4.78, 5) is 11.7. The molecule has 20 heavy (non-hydrogen) atoms. The molecule has 1 aliphatic heterocycles. The van der Waals surface area contributed by atoms with Gasteiger partial charge in [-0.3, -0.25) is 0 Å². The lowest BCUT2D eigenvalue weighted by atomic mass is 10.2. The van der Waals surface area contributed by atoms with Gasteiger partial charge < -0.3 is 20.1 Å². The number of carbonyl (C=O) groups is 1. The highest BCUT2D eigenvalue weighted by Crippen LogP contribution is 2.14. The van der Waals surface area contributed by atoms with Crippen LogP contribution in [0.25, 0.3) is 0 Å². The van der Waals surface area contributed by atoms with E-state index in [-0.39, 0.29) is 6.03 Å². The van der Waals surface area contributed by atoms with Crippen LogP contribution in [0.1, 0.15) is 24.8 Å². The maximum absolute atomic E-state index is 11.7. The number of hydrogen-bond donors (Lipinski definition) is 2. The third-order valence-corrected chi connectivity index (χ3v) is 3.36. The number of ether oxygens (including phenoxy) is 2. The smallest absolute Gasteiger partial charge is 0.315 e. The Kier molecular flexibility index (Phi) is 5.68. The van der Waals surface area contributed by atoms with Crippen molar-refractivity contribution in [3.8, 4) is 5.75 Å². The molecule has 1 aromatic carbocycles. The lowest BCUT2D eigenvalue weighted by Gasteiger charge is -2.11. The summed E-state index contributed by atoms with van der Waals surface area (Å²) in [5.74, 6) is 0.795. The molecule has 1 unspecified atom stereocenters. The zero-order valence-corrected chi connectivity index (χ0v) is 11.9. The summed E-state index contributed by atoms with van der Waals surface area (Å²) in [6.45, 7) is 1.99. The number of benzene rings is 1. The molecule has 0 aromatic heterocycles. The molecule has 5 nitrogen and oxygen atoms in total. The minimum atomic E-state index is -0.147. The molecule has 1 aromatic rings. The zero-order chi connectivity index (χ0) is 14.2. The van der Waals surface area contributed by atoms with Crippen molar-refractivity contribution >= 4 is 6.03 Å². The fourth-order valence-electron chi connectivity index (χ4n) is 2.25. The topological polar surface area (TPSA) is 59.6 Å². The van der Waals surface area contributed by atoms with Crippen molar-refractivity contribution < 1.29 is 14.3 Å². The Morgan fingerprint density at radius 3 is 3.10 bits per heavy atom. The van der Waals surface area contributed by atoms with Gasteiger partial charge >= 0.3 is 6.03 Å². The fourth-order valence-corrected chi connectivity index (χ4v) is 2.25. The molecule has 1 saturated heterocycles. The van der Waals surface area contributed by atoms with E-state index in [0.29, 0.717) is 19.2 Å². The Hall–Kier alpha value is -1.75. The van der Waals surface area contributed by atoms with E-state index in [4.69, 9.17) is 9.47 Å². The number of urea groups is 1. The summed E-state index contributed by atoms with van der Waals surface area (Å²) in [5, 5.41) is 5.68. The second-order valence-corrected chi connectivity index (χ2v) is 4.88. The summed E-state index contributed by atoms with van der Waals surface area (Å²) in [6.07, 6.45) is 3.43. The Morgan fingerprint density at radius 1 is 1.45 bits per heavy atom. The Balaban J connectivity index is 1.63. The lowest BCUT2D eigenvalue weighted by molar-refractivity contribution is 0.104. The minimum absolute atomic E-state index is 0.147. The molecule has 0 bridgehead atoms. The van der Waals surface area contributed by atoms with Crippen LogP contribution in [0.2, 0.25) is 0 Å². The van der Waals surface area contributed by atoms with E-state index in [1.165, 1.54) is 0 Å². The normalized spacial score (nSPS) is 17.8. The van der Waals surface area contributed by atoms with Crippen LogP contribution >= 0.6 is 0 Å². The molecule has 0 radical (unpaired) electrons. The first-order valence-corrected chi connectivity index (χ1v) is 7.04. The van der Waals surface area contributed by atoms with E-state index in [1.54, 1.807) is 7.11 Å². The standard InChI is InChI=1S/C15H22N2O3/c1-19-14-5-2-4-12(10-14)11-17-15(18)16-8-7-13-6-3-9-20-13/h2,4-5,10,13H,3,6-9,11H2,1H3,(H2,16,17,18). The highest BCUT2D eigenvalue weighted by Gasteiger charge is 2.14. The Morgan fingerprint density at radius 2 is 2.35 bits per heavy atom. The Bertz CT molecular complexity index is 431. The van der Waals surface area contributed by atoms with Gasteiger partial charge in [-0.1, -0.05) is 12.1 Å². The number of nitrogens with one attached hydrogen (secondary N) is 2. The van der Waals surface area contributed by atoms with Crippen LogP contribution in [0.4, 0.5) is 4.79 Å². The van der Waals surface area contributed by atoms with Gasteiger partial charge in [0.1, 0.15) is 5.75 Å². The molecular weight excluding hydrogens is 256 g/mol. The first kappa shape index (κ1) is 14.7. The first-order valence-electron chi connectivity index (χ1n) is 7.04. The van der Waals surface area contributed by atoms with Gasteiger partial charge in [-0.25, -0.2) is 4.79 Å². The number of hydrogen-bond acceptors (Lipinski definition) is 3. The lowest BCUT2D eigenvalue weighted by Crippen LogP contribution is -2.36. The highest BCUT2D eigenvalue weighted by atomic mass is 16.5. The zero-order valence-electron chi connectivity index (χ0n) is 11.9. The monoisotopic (exact) mass is 278 g/mol. The highest BCUT2D eigenvalue weighted by molar-refractivity contribution is 5.73. The average Bonchev–Trinajstić information content (AvgIpc) is 2.98. The van der Waals surface area contributed by atoms with Crippen molar-refractivity contribution in [1.82, 2.24) is 10.6 Å². The fraction of sp³-hybridized carbons (Fsp3) is 0.533. The molecule has 0 aliphatic carbocycles. The van der Waals surface area contributed by atoms with Gasteiger partial charge in [0.15, 0.2) is 0 Å². The van der Waals surface area contributed by atoms with Crippen molar-refractivity contribution in [3.63, 3.8) is 0 Å². The maximum atomic E-state index is 11.7. The van der Waals surface area contributed by atoms with Gasteiger partial charge in [0.05, 0.1) is 13.2 Å². The SMILES string of the molecule is COc1cccc(CNC(=O)NCCC2CCCO2)c1. The van der Waals surface area contributed by atoms with E-state index in [1.807, 2.05) is 24.3 Å². The van der Waals surface area contributed by atoms with Crippen LogP contribution < -0.4 is 15.4 Å². The molecule has 110 valence electrons. The average molecular weight is 278 g/mol. The predicted octanol–water partition coefficient (Wildman–Crippen LogP) is 2.06. The summed E-state index contributed by atoms with van der Waals surface area (Å²) in [7, 11) is 1.63. The minimum Gasteiger partial charge on any atom is -0.497 e. The van der Waals surface area contributed by atoms with Crippen molar-refractivity contribution in [2.75, 3.05) is 20.3 Å². The van der Waals surface area contributed by atoms with Crippen molar-refractivity contribution in [2.24, 2.45) is 0 Å². The quantitative estimate of drug-likeness (QED) is 0.837. The van der Waals surface area contributed by atoms with Gasteiger partial charge in [-0.2, -0.15) is 0 Å². The Labute approximate surface area is 119 Å².